The van der Waals surface area contributed by atoms with Gasteiger partial charge in [0, 0.05) is 5.56 Å². The number of hydrogen-bond donors (Lipinski definition) is 0. The molecule has 0 N–H and O–H groups in total. The Balaban J connectivity index is 1.99. The summed E-state index contributed by atoms with van der Waals surface area (Å²) in [5, 5.41) is 4.05. The summed E-state index contributed by atoms with van der Waals surface area (Å²) in [6.45, 7) is 2.44. The molecule has 124 valence electrons. The molecular weight excluding hydrogens is 319 g/mol. The molecule has 7 heteroatoms. The number of halogens is 3. The third-order valence-electron chi connectivity index (χ3n) is 3.39. The average molecular weight is 333 g/mol. The summed E-state index contributed by atoms with van der Waals surface area (Å²) in [4.78, 5) is 4.16. The van der Waals surface area contributed by atoms with Crippen LogP contribution in [0.25, 0.3) is 17.1 Å². The van der Waals surface area contributed by atoms with Crippen LogP contribution in [0.4, 0.5) is 13.2 Å². The molecule has 0 radical (unpaired) electrons. The zero-order valence-electron chi connectivity index (χ0n) is 12.8. The maximum Gasteiger partial charge on any atom is 0.416 e. The Kier molecular flexibility index (Phi) is 4.24. The zero-order chi connectivity index (χ0) is 17.2. The van der Waals surface area contributed by atoms with Crippen LogP contribution < -0.4 is 4.74 Å². The lowest BCUT2D eigenvalue weighted by atomic mass is 10.1. The molecule has 0 saturated heterocycles. The molecule has 0 spiro atoms. The number of benzene rings is 2. The van der Waals surface area contributed by atoms with Crippen LogP contribution in [0.3, 0.4) is 0 Å². The Bertz CT molecular complexity index is 826. The van der Waals surface area contributed by atoms with Crippen LogP contribution in [0.1, 0.15) is 12.5 Å². The maximum absolute atomic E-state index is 12.9. The zero-order valence-corrected chi connectivity index (χ0v) is 12.8. The average Bonchev–Trinajstić information content (AvgIpc) is 3.05. The number of ether oxygens (including phenoxy) is 1. The van der Waals surface area contributed by atoms with Crippen LogP contribution in [0.15, 0.2) is 54.9 Å². The van der Waals surface area contributed by atoms with Crippen molar-refractivity contribution in [1.29, 1.82) is 0 Å². The van der Waals surface area contributed by atoms with Gasteiger partial charge < -0.3 is 4.74 Å². The second-order valence-electron chi connectivity index (χ2n) is 5.00. The fraction of sp³-hybridized carbons (Fsp3) is 0.176. The van der Waals surface area contributed by atoms with E-state index in [0.717, 1.165) is 17.7 Å². The summed E-state index contributed by atoms with van der Waals surface area (Å²) in [6, 6.07) is 12.1. The topological polar surface area (TPSA) is 39.9 Å². The number of hydrogen-bond acceptors (Lipinski definition) is 3. The van der Waals surface area contributed by atoms with Gasteiger partial charge in [-0.05, 0) is 49.4 Å². The smallest absolute Gasteiger partial charge is 0.416 e. The lowest BCUT2D eigenvalue weighted by Crippen LogP contribution is -2.07. The van der Waals surface area contributed by atoms with E-state index in [1.165, 1.54) is 17.1 Å². The Morgan fingerprint density at radius 3 is 2.50 bits per heavy atom. The molecule has 2 aromatic carbocycles. The molecule has 0 saturated carbocycles. The molecule has 0 amide bonds. The highest BCUT2D eigenvalue weighted by molar-refractivity contribution is 5.59. The summed E-state index contributed by atoms with van der Waals surface area (Å²) in [6.07, 6.45) is -3.10. The molecule has 0 atom stereocenters. The second kappa shape index (κ2) is 6.35. The van der Waals surface area contributed by atoms with Crippen LogP contribution in [-0.2, 0) is 6.18 Å². The van der Waals surface area contributed by atoms with Crippen molar-refractivity contribution < 1.29 is 17.9 Å². The number of nitrogens with zero attached hydrogens (tertiary/aromatic N) is 3. The molecule has 4 nitrogen and oxygen atoms in total. The Morgan fingerprint density at radius 1 is 1.08 bits per heavy atom. The van der Waals surface area contributed by atoms with E-state index < -0.39 is 11.7 Å². The first kappa shape index (κ1) is 16.0. The summed E-state index contributed by atoms with van der Waals surface area (Å²) < 4.78 is 45.4. The van der Waals surface area contributed by atoms with Crippen molar-refractivity contribution in [2.45, 2.75) is 13.1 Å². The Morgan fingerprint density at radius 2 is 1.83 bits per heavy atom. The summed E-state index contributed by atoms with van der Waals surface area (Å²) >= 11 is 0. The molecule has 1 aromatic heterocycles. The summed E-state index contributed by atoms with van der Waals surface area (Å²) in [5.41, 5.74) is 0.299. The molecule has 0 aliphatic rings. The van der Waals surface area contributed by atoms with E-state index in [2.05, 4.69) is 10.1 Å². The highest BCUT2D eigenvalue weighted by atomic mass is 19.4. The van der Waals surface area contributed by atoms with Gasteiger partial charge in [-0.25, -0.2) is 9.67 Å². The van der Waals surface area contributed by atoms with Gasteiger partial charge in [0.25, 0.3) is 0 Å². The van der Waals surface area contributed by atoms with Crippen molar-refractivity contribution in [3.8, 4) is 22.8 Å². The van der Waals surface area contributed by atoms with E-state index in [9.17, 15) is 13.2 Å². The summed E-state index contributed by atoms with van der Waals surface area (Å²) in [7, 11) is 0. The van der Waals surface area contributed by atoms with Crippen molar-refractivity contribution in [1.82, 2.24) is 14.8 Å². The largest absolute Gasteiger partial charge is 0.494 e. The molecule has 0 aliphatic heterocycles. The first-order valence-electron chi connectivity index (χ1n) is 7.30. The van der Waals surface area contributed by atoms with Gasteiger partial charge >= 0.3 is 6.18 Å². The van der Waals surface area contributed by atoms with E-state index >= 15 is 0 Å². The molecule has 1 heterocycles. The van der Waals surface area contributed by atoms with E-state index in [1.807, 2.05) is 6.92 Å². The van der Waals surface area contributed by atoms with Gasteiger partial charge in [0.05, 0.1) is 17.9 Å². The highest BCUT2D eigenvalue weighted by Crippen LogP contribution is 2.31. The van der Waals surface area contributed by atoms with Crippen molar-refractivity contribution in [3.05, 3.63) is 60.4 Å². The van der Waals surface area contributed by atoms with Crippen molar-refractivity contribution >= 4 is 0 Å². The van der Waals surface area contributed by atoms with Gasteiger partial charge in [0.2, 0.25) is 0 Å². The fourth-order valence-electron chi connectivity index (χ4n) is 2.31. The third kappa shape index (κ3) is 3.24. The number of rotatable bonds is 4. The van der Waals surface area contributed by atoms with Crippen molar-refractivity contribution in [2.75, 3.05) is 6.61 Å². The van der Waals surface area contributed by atoms with Gasteiger partial charge in [-0.2, -0.15) is 18.3 Å². The van der Waals surface area contributed by atoms with Crippen LogP contribution in [0.5, 0.6) is 5.75 Å². The monoisotopic (exact) mass is 333 g/mol. The molecule has 3 aromatic rings. The van der Waals surface area contributed by atoms with Gasteiger partial charge in [0.15, 0.2) is 5.82 Å². The fourth-order valence-corrected chi connectivity index (χ4v) is 2.31. The van der Waals surface area contributed by atoms with Crippen LogP contribution >= 0.6 is 0 Å². The van der Waals surface area contributed by atoms with Crippen LogP contribution in [-0.4, -0.2) is 21.4 Å². The molecule has 0 aliphatic carbocycles. The van der Waals surface area contributed by atoms with Gasteiger partial charge in [-0.15, -0.1) is 0 Å². The normalized spacial score (nSPS) is 11.5. The van der Waals surface area contributed by atoms with Gasteiger partial charge in [0.1, 0.15) is 12.1 Å². The van der Waals surface area contributed by atoms with E-state index in [-0.39, 0.29) is 0 Å². The minimum atomic E-state index is -4.41. The highest BCUT2D eigenvalue weighted by Gasteiger charge is 2.30. The lowest BCUT2D eigenvalue weighted by Gasteiger charge is -2.10. The molecule has 24 heavy (non-hydrogen) atoms. The molecule has 3 rings (SSSR count). The van der Waals surface area contributed by atoms with Crippen LogP contribution in [0, 0.1) is 0 Å². The van der Waals surface area contributed by atoms with E-state index in [0.29, 0.717) is 23.9 Å². The molecule has 0 unspecified atom stereocenters. The first-order valence-corrected chi connectivity index (χ1v) is 7.30. The minimum absolute atomic E-state index is 0.297. The maximum atomic E-state index is 12.9. The Hall–Kier alpha value is -2.83. The van der Waals surface area contributed by atoms with Gasteiger partial charge in [-0.3, -0.25) is 0 Å². The van der Waals surface area contributed by atoms with Crippen molar-refractivity contribution in [3.63, 3.8) is 0 Å². The number of aromatic nitrogens is 3. The lowest BCUT2D eigenvalue weighted by molar-refractivity contribution is -0.137. The standard InChI is InChI=1S/C17H14F3N3O/c1-2-24-15-8-6-12(7-9-15)16-21-11-22-23(16)14-5-3-4-13(10-14)17(18,19)20/h3-11H,2H2,1H3. The molecular formula is C17H14F3N3O. The quantitative estimate of drug-likeness (QED) is 0.712. The minimum Gasteiger partial charge on any atom is -0.494 e. The third-order valence-corrected chi connectivity index (χ3v) is 3.39. The SMILES string of the molecule is CCOc1ccc(-c2ncnn2-c2cccc(C(F)(F)F)c2)cc1. The first-order chi connectivity index (χ1) is 11.5. The van der Waals surface area contributed by atoms with E-state index in [4.69, 9.17) is 4.74 Å². The second-order valence-corrected chi connectivity index (χ2v) is 5.00. The summed E-state index contributed by atoms with van der Waals surface area (Å²) in [5.74, 6) is 1.17. The molecule has 0 bridgehead atoms. The van der Waals surface area contributed by atoms with E-state index in [1.54, 1.807) is 30.3 Å². The predicted octanol–water partition coefficient (Wildman–Crippen LogP) is 4.35. The molecule has 0 fully saturated rings. The van der Waals surface area contributed by atoms with Crippen molar-refractivity contribution in [2.24, 2.45) is 0 Å². The Labute approximate surface area is 136 Å². The van der Waals surface area contributed by atoms with Gasteiger partial charge in [-0.1, -0.05) is 6.07 Å². The predicted molar refractivity (Wildman–Crippen MR) is 83.0 cm³/mol. The number of alkyl halides is 3. The van der Waals surface area contributed by atoms with Crippen LogP contribution in [0.2, 0.25) is 0 Å².